The lowest BCUT2D eigenvalue weighted by Gasteiger charge is -2.03. The molecule has 3 N–H and O–H groups in total. The largest absolute Gasteiger partial charge is 0.392 e. The van der Waals surface area contributed by atoms with Gasteiger partial charge in [-0.2, -0.15) is 0 Å². The zero-order valence-electron chi connectivity index (χ0n) is 7.46. The predicted molar refractivity (Wildman–Crippen MR) is 61.7 cm³/mol. The molecule has 2 rings (SSSR count). The molecule has 0 unspecified atom stereocenters. The number of anilines is 1. The molecule has 0 fully saturated rings. The van der Waals surface area contributed by atoms with Crippen LogP contribution in [0.15, 0.2) is 18.2 Å². The molecule has 0 saturated heterocycles. The summed E-state index contributed by atoms with van der Waals surface area (Å²) in [4.78, 5) is 0. The number of hydrogen-bond donors (Lipinski definition) is 2. The summed E-state index contributed by atoms with van der Waals surface area (Å²) in [6, 6.07) is 5.87. The second-order valence-corrected chi connectivity index (χ2v) is 4.48. The first kappa shape index (κ1) is 9.77. The number of aliphatic hydroxyl groups is 1. The van der Waals surface area contributed by atoms with E-state index in [2.05, 4.69) is 0 Å². The van der Waals surface area contributed by atoms with Gasteiger partial charge in [-0.05, 0) is 34.7 Å². The van der Waals surface area contributed by atoms with Crippen LogP contribution in [-0.4, -0.2) is 5.11 Å². The summed E-state index contributed by atoms with van der Waals surface area (Å²) in [5, 5.41) is 11.0. The van der Waals surface area contributed by atoms with Crippen LogP contribution in [0.2, 0.25) is 0 Å². The third-order valence-corrected chi connectivity index (χ3v) is 3.39. The van der Waals surface area contributed by atoms with Crippen LogP contribution in [-0.2, 0) is 12.5 Å². The summed E-state index contributed by atoms with van der Waals surface area (Å²) < 4.78 is 1.10. The van der Waals surface area contributed by atoms with Crippen LogP contribution in [0.3, 0.4) is 0 Å². The first-order valence-corrected chi connectivity index (χ1v) is 5.57. The number of nitrogen functional groups attached to an aromatic ring is 1. The second-order valence-electron chi connectivity index (χ2n) is 3.10. The molecular formula is C10H10ClNOS. The van der Waals surface area contributed by atoms with Gasteiger partial charge in [-0.1, -0.05) is 0 Å². The summed E-state index contributed by atoms with van der Waals surface area (Å²) in [5.41, 5.74) is 7.55. The molecular weight excluding hydrogens is 218 g/mol. The molecule has 0 saturated carbocycles. The summed E-state index contributed by atoms with van der Waals surface area (Å²) in [5.74, 6) is 0.418. The number of nitrogens with two attached hydrogens (primary N) is 1. The van der Waals surface area contributed by atoms with E-state index in [1.807, 2.05) is 18.2 Å². The fraction of sp³-hybridized carbons (Fsp3) is 0.200. The molecule has 0 radical (unpaired) electrons. The van der Waals surface area contributed by atoms with Crippen molar-refractivity contribution in [1.29, 1.82) is 0 Å². The number of alkyl halides is 1. The highest BCUT2D eigenvalue weighted by Crippen LogP contribution is 2.30. The average molecular weight is 228 g/mol. The van der Waals surface area contributed by atoms with Gasteiger partial charge in [0.15, 0.2) is 0 Å². The van der Waals surface area contributed by atoms with Gasteiger partial charge in [0.25, 0.3) is 0 Å². The summed E-state index contributed by atoms with van der Waals surface area (Å²) >= 11 is 7.30. The second kappa shape index (κ2) is 3.77. The average Bonchev–Trinajstić information content (AvgIpc) is 2.54. The van der Waals surface area contributed by atoms with Crippen LogP contribution in [0.25, 0.3) is 10.1 Å². The monoisotopic (exact) mass is 227 g/mol. The zero-order chi connectivity index (χ0) is 10.1. The molecule has 1 aromatic heterocycles. The quantitative estimate of drug-likeness (QED) is 0.775. The molecule has 14 heavy (non-hydrogen) atoms. The lowest BCUT2D eigenvalue weighted by molar-refractivity contribution is 0.281. The maximum atomic E-state index is 9.13. The van der Waals surface area contributed by atoms with Crippen LogP contribution in [0.5, 0.6) is 0 Å². The Morgan fingerprint density at radius 3 is 2.71 bits per heavy atom. The zero-order valence-corrected chi connectivity index (χ0v) is 9.03. The van der Waals surface area contributed by atoms with E-state index in [1.165, 1.54) is 11.3 Å². The molecule has 0 bridgehead atoms. The number of aliphatic hydroxyl groups excluding tert-OH is 1. The van der Waals surface area contributed by atoms with Crippen LogP contribution in [0.1, 0.15) is 11.1 Å². The molecule has 1 aromatic carbocycles. The highest BCUT2D eigenvalue weighted by Gasteiger charge is 2.05. The number of rotatable bonds is 2. The van der Waals surface area contributed by atoms with Gasteiger partial charge in [-0.25, -0.2) is 0 Å². The van der Waals surface area contributed by atoms with E-state index in [0.29, 0.717) is 5.88 Å². The van der Waals surface area contributed by atoms with Gasteiger partial charge in [0.05, 0.1) is 11.6 Å². The van der Waals surface area contributed by atoms with E-state index in [4.69, 9.17) is 22.4 Å². The SMILES string of the molecule is Nc1cc2cc(CCl)c(CO)cc2s1. The smallest absolute Gasteiger partial charge is 0.0868 e. The minimum absolute atomic E-state index is 0.0236. The maximum absolute atomic E-state index is 9.13. The van der Waals surface area contributed by atoms with Gasteiger partial charge in [0, 0.05) is 10.6 Å². The van der Waals surface area contributed by atoms with Crippen molar-refractivity contribution < 1.29 is 5.11 Å². The maximum Gasteiger partial charge on any atom is 0.0868 e. The first-order valence-electron chi connectivity index (χ1n) is 4.22. The topological polar surface area (TPSA) is 46.2 Å². The first-order chi connectivity index (χ1) is 6.74. The molecule has 74 valence electrons. The standard InChI is InChI=1S/C10H10ClNOS/c11-4-7-1-6-3-10(12)14-9(6)2-8(7)5-13/h1-3,13H,4-5,12H2. The number of hydrogen-bond acceptors (Lipinski definition) is 3. The van der Waals surface area contributed by atoms with Gasteiger partial charge in [0.1, 0.15) is 0 Å². The predicted octanol–water partition coefficient (Wildman–Crippen LogP) is 2.71. The Hall–Kier alpha value is -0.770. The van der Waals surface area contributed by atoms with Gasteiger partial charge in [-0.3, -0.25) is 0 Å². The lowest BCUT2D eigenvalue weighted by atomic mass is 10.1. The van der Waals surface area contributed by atoms with Crippen LogP contribution in [0.4, 0.5) is 5.00 Å². The summed E-state index contributed by atoms with van der Waals surface area (Å²) in [6.45, 7) is 0.0236. The van der Waals surface area contributed by atoms with Crippen LogP contribution < -0.4 is 5.73 Å². The molecule has 2 nitrogen and oxygen atoms in total. The third kappa shape index (κ3) is 1.59. The van der Waals surface area contributed by atoms with E-state index in [9.17, 15) is 0 Å². The van der Waals surface area contributed by atoms with Crippen molar-refractivity contribution in [3.05, 3.63) is 29.3 Å². The normalized spacial score (nSPS) is 11.0. The van der Waals surface area contributed by atoms with Crippen molar-refractivity contribution in [3.8, 4) is 0 Å². The number of benzene rings is 1. The molecule has 0 aliphatic heterocycles. The molecule has 0 spiro atoms. The summed E-state index contributed by atoms with van der Waals surface area (Å²) in [6.07, 6.45) is 0. The number of thiophene rings is 1. The van der Waals surface area contributed by atoms with E-state index >= 15 is 0 Å². The van der Waals surface area contributed by atoms with E-state index in [-0.39, 0.29) is 6.61 Å². The minimum Gasteiger partial charge on any atom is -0.392 e. The van der Waals surface area contributed by atoms with E-state index in [1.54, 1.807) is 0 Å². The van der Waals surface area contributed by atoms with Crippen molar-refractivity contribution >= 4 is 38.0 Å². The van der Waals surface area contributed by atoms with E-state index in [0.717, 1.165) is 26.2 Å². The highest BCUT2D eigenvalue weighted by molar-refractivity contribution is 7.22. The molecule has 2 aromatic rings. The van der Waals surface area contributed by atoms with Crippen LogP contribution >= 0.6 is 22.9 Å². The number of fused-ring (bicyclic) bond motifs is 1. The van der Waals surface area contributed by atoms with Crippen LogP contribution in [0, 0.1) is 0 Å². The van der Waals surface area contributed by atoms with Crippen molar-refractivity contribution in [1.82, 2.24) is 0 Å². The Balaban J connectivity index is 2.68. The van der Waals surface area contributed by atoms with Gasteiger partial charge >= 0.3 is 0 Å². The Bertz CT molecular complexity index is 425. The van der Waals surface area contributed by atoms with Gasteiger partial charge in [-0.15, -0.1) is 22.9 Å². The van der Waals surface area contributed by atoms with Crippen molar-refractivity contribution in [2.75, 3.05) is 5.73 Å². The van der Waals surface area contributed by atoms with Crippen molar-refractivity contribution in [2.45, 2.75) is 12.5 Å². The molecule has 0 atom stereocenters. The Morgan fingerprint density at radius 1 is 1.29 bits per heavy atom. The molecule has 4 heteroatoms. The highest BCUT2D eigenvalue weighted by atomic mass is 35.5. The molecule has 0 aliphatic carbocycles. The number of halogens is 1. The van der Waals surface area contributed by atoms with Gasteiger partial charge in [0.2, 0.25) is 0 Å². The Labute approximate surface area is 90.9 Å². The minimum atomic E-state index is 0.0236. The van der Waals surface area contributed by atoms with Gasteiger partial charge < -0.3 is 10.8 Å². The third-order valence-electron chi connectivity index (χ3n) is 2.17. The Kier molecular flexibility index (Phi) is 2.63. The fourth-order valence-electron chi connectivity index (χ4n) is 1.47. The lowest BCUT2D eigenvalue weighted by Crippen LogP contribution is -1.90. The van der Waals surface area contributed by atoms with Crippen molar-refractivity contribution in [3.63, 3.8) is 0 Å². The fourth-order valence-corrected chi connectivity index (χ4v) is 2.59. The summed E-state index contributed by atoms with van der Waals surface area (Å²) in [7, 11) is 0. The molecule has 1 heterocycles. The molecule has 0 aliphatic rings. The molecule has 0 amide bonds. The Morgan fingerprint density at radius 2 is 2.07 bits per heavy atom. The van der Waals surface area contributed by atoms with E-state index < -0.39 is 0 Å². The van der Waals surface area contributed by atoms with Crippen molar-refractivity contribution in [2.24, 2.45) is 0 Å².